The number of allylic oxidation sites excluding steroid dienone is 2. The largest absolute Gasteiger partial charge is 0.473 e. The number of hydrogen-bond acceptors (Lipinski definition) is 4. The molecule has 0 aliphatic carbocycles. The third kappa shape index (κ3) is 3.90. The average molecular weight is 317 g/mol. The Kier molecular flexibility index (Phi) is 5.05. The molecule has 0 unspecified atom stereocenters. The lowest BCUT2D eigenvalue weighted by Gasteiger charge is -2.16. The lowest BCUT2D eigenvalue weighted by molar-refractivity contribution is 0.0656. The fourth-order valence-corrected chi connectivity index (χ4v) is 2.05. The van der Waals surface area contributed by atoms with Gasteiger partial charge in [0.1, 0.15) is 6.61 Å². The zero-order valence-electron chi connectivity index (χ0n) is 14.2. The first kappa shape index (κ1) is 17.0. The molecule has 0 N–H and O–H groups in total. The number of imidazole rings is 1. The van der Waals surface area contributed by atoms with Crippen LogP contribution in [0, 0.1) is 0 Å². The number of aromatic nitrogens is 3. The summed E-state index contributed by atoms with van der Waals surface area (Å²) in [7, 11) is 5.10. The molecule has 0 aromatic carbocycles. The van der Waals surface area contributed by atoms with E-state index in [1.807, 2.05) is 44.2 Å². The van der Waals surface area contributed by atoms with E-state index in [1.54, 1.807) is 31.8 Å². The van der Waals surface area contributed by atoms with E-state index in [0.29, 0.717) is 18.1 Å². The molecule has 0 saturated carbocycles. The smallest absolute Gasteiger partial charge is 0.329 e. The van der Waals surface area contributed by atoms with Crippen LogP contribution in [0.5, 0.6) is 5.88 Å². The molecule has 0 saturated heterocycles. The number of ether oxygens (including phenoxy) is 2. The minimum Gasteiger partial charge on any atom is -0.473 e. The van der Waals surface area contributed by atoms with Gasteiger partial charge in [-0.15, -0.1) is 0 Å². The fourth-order valence-electron chi connectivity index (χ4n) is 2.05. The summed E-state index contributed by atoms with van der Waals surface area (Å²) in [6.07, 6.45) is 7.67. The molecule has 124 valence electrons. The van der Waals surface area contributed by atoms with Crippen LogP contribution < -0.4 is 10.4 Å². The van der Waals surface area contributed by atoms with Crippen LogP contribution in [0.15, 0.2) is 41.2 Å². The van der Waals surface area contributed by atoms with Gasteiger partial charge >= 0.3 is 5.69 Å². The summed E-state index contributed by atoms with van der Waals surface area (Å²) in [5.41, 5.74) is 1.01. The minimum atomic E-state index is -0.282. The summed E-state index contributed by atoms with van der Waals surface area (Å²) in [5.74, 6) is 0.490. The van der Waals surface area contributed by atoms with Crippen LogP contribution in [-0.4, -0.2) is 33.4 Å². The van der Waals surface area contributed by atoms with Crippen LogP contribution in [0.2, 0.25) is 0 Å². The average Bonchev–Trinajstić information content (AvgIpc) is 2.75. The van der Waals surface area contributed by atoms with Crippen molar-refractivity contribution in [3.05, 3.63) is 46.9 Å². The van der Waals surface area contributed by atoms with E-state index in [0.717, 1.165) is 5.52 Å². The van der Waals surface area contributed by atoms with Crippen LogP contribution in [0.4, 0.5) is 0 Å². The Labute approximate surface area is 135 Å². The highest BCUT2D eigenvalue weighted by molar-refractivity contribution is 5.72. The van der Waals surface area contributed by atoms with E-state index in [1.165, 1.54) is 4.57 Å². The van der Waals surface area contributed by atoms with Crippen molar-refractivity contribution in [2.75, 3.05) is 13.7 Å². The molecule has 6 nitrogen and oxygen atoms in total. The van der Waals surface area contributed by atoms with Gasteiger partial charge in [0.25, 0.3) is 0 Å². The lowest BCUT2D eigenvalue weighted by atomic mass is 10.1. The van der Waals surface area contributed by atoms with Crippen molar-refractivity contribution in [3.63, 3.8) is 0 Å². The van der Waals surface area contributed by atoms with Crippen molar-refractivity contribution in [3.8, 4) is 5.88 Å². The second-order valence-corrected chi connectivity index (χ2v) is 5.80. The van der Waals surface area contributed by atoms with Crippen molar-refractivity contribution in [1.29, 1.82) is 0 Å². The van der Waals surface area contributed by atoms with E-state index in [2.05, 4.69) is 4.98 Å². The summed E-state index contributed by atoms with van der Waals surface area (Å²) >= 11 is 0. The maximum Gasteiger partial charge on any atom is 0.329 e. The Hall–Kier alpha value is -2.34. The summed E-state index contributed by atoms with van der Waals surface area (Å²) in [6.45, 7) is 4.37. The Bertz CT molecular complexity index is 797. The molecule has 0 aliphatic rings. The minimum absolute atomic E-state index is 0.101. The number of rotatable bonds is 6. The van der Waals surface area contributed by atoms with E-state index < -0.39 is 0 Å². The van der Waals surface area contributed by atoms with Crippen LogP contribution in [0.1, 0.15) is 13.8 Å². The molecule has 6 heteroatoms. The number of pyridine rings is 1. The van der Waals surface area contributed by atoms with Crippen molar-refractivity contribution < 1.29 is 9.47 Å². The van der Waals surface area contributed by atoms with Crippen LogP contribution in [-0.2, 0) is 18.8 Å². The fraction of sp³-hybridized carbons (Fsp3) is 0.412. The monoisotopic (exact) mass is 317 g/mol. The normalized spacial score (nSPS) is 12.7. The number of nitrogens with zero attached hydrogens (tertiary/aromatic N) is 3. The number of fused-ring (bicyclic) bond motifs is 1. The first-order chi connectivity index (χ1) is 10.9. The molecule has 0 fully saturated rings. The van der Waals surface area contributed by atoms with E-state index >= 15 is 0 Å². The highest BCUT2D eigenvalue weighted by Gasteiger charge is 2.10. The quantitative estimate of drug-likeness (QED) is 0.766. The molecule has 0 spiro atoms. The highest BCUT2D eigenvalue weighted by Crippen LogP contribution is 2.14. The van der Waals surface area contributed by atoms with E-state index in [-0.39, 0.29) is 11.3 Å². The summed E-state index contributed by atoms with van der Waals surface area (Å²) in [4.78, 5) is 16.2. The molecular formula is C17H23N3O3. The van der Waals surface area contributed by atoms with Gasteiger partial charge in [-0.2, -0.15) is 4.98 Å². The van der Waals surface area contributed by atoms with Gasteiger partial charge < -0.3 is 9.47 Å². The van der Waals surface area contributed by atoms with Gasteiger partial charge in [-0.05, 0) is 26.0 Å². The van der Waals surface area contributed by atoms with Crippen LogP contribution in [0.25, 0.3) is 11.2 Å². The van der Waals surface area contributed by atoms with Gasteiger partial charge in [-0.1, -0.05) is 18.2 Å². The maximum atomic E-state index is 11.9. The second kappa shape index (κ2) is 6.83. The van der Waals surface area contributed by atoms with Gasteiger partial charge in [0, 0.05) is 27.3 Å². The van der Waals surface area contributed by atoms with Gasteiger partial charge in [0.05, 0.1) is 11.1 Å². The van der Waals surface area contributed by atoms with Crippen LogP contribution >= 0.6 is 0 Å². The molecule has 0 bridgehead atoms. The molecule has 2 aromatic rings. The number of aryl methyl sites for hydroxylation is 2. The van der Waals surface area contributed by atoms with Crippen molar-refractivity contribution in [1.82, 2.24) is 14.1 Å². The number of methoxy groups -OCH3 is 1. The predicted octanol–water partition coefficient (Wildman–Crippen LogP) is 2.19. The maximum absolute atomic E-state index is 11.9. The van der Waals surface area contributed by atoms with Gasteiger partial charge in [-0.3, -0.25) is 9.13 Å². The second-order valence-electron chi connectivity index (χ2n) is 5.80. The molecular weight excluding hydrogens is 294 g/mol. The number of hydrogen-bond donors (Lipinski definition) is 0. The Morgan fingerprint density at radius 2 is 1.96 bits per heavy atom. The molecule has 0 atom stereocenters. The van der Waals surface area contributed by atoms with Crippen LogP contribution in [0.3, 0.4) is 0 Å². The summed E-state index contributed by atoms with van der Waals surface area (Å²) < 4.78 is 13.9. The zero-order chi connectivity index (χ0) is 17.0. The molecule has 2 aromatic heterocycles. The Morgan fingerprint density at radius 3 is 2.65 bits per heavy atom. The lowest BCUT2D eigenvalue weighted by Crippen LogP contribution is -2.19. The standard InChI is InChI=1S/C17H23N3O3/c1-17(2,22-5)11-7-6-8-12-23-14-10-9-13-15(18-14)20(4)16(21)19(13)3/h6-11H,12H2,1-5H3. The van der Waals surface area contributed by atoms with Crippen molar-refractivity contribution in [2.45, 2.75) is 19.4 Å². The van der Waals surface area contributed by atoms with Crippen molar-refractivity contribution >= 4 is 11.2 Å². The molecule has 2 heterocycles. The van der Waals surface area contributed by atoms with Gasteiger partial charge in [0.2, 0.25) is 5.88 Å². The summed E-state index contributed by atoms with van der Waals surface area (Å²) in [5, 5.41) is 0. The van der Waals surface area contributed by atoms with Gasteiger partial charge in [-0.25, -0.2) is 4.79 Å². The molecule has 0 aliphatic heterocycles. The Balaban J connectivity index is 2.01. The predicted molar refractivity (Wildman–Crippen MR) is 90.8 cm³/mol. The molecule has 0 radical (unpaired) electrons. The SMILES string of the molecule is COC(C)(C)C=CC=CCOc1ccc2c(n1)n(C)c(=O)n2C. The third-order valence-electron chi connectivity index (χ3n) is 3.68. The topological polar surface area (TPSA) is 58.3 Å². The molecule has 0 amide bonds. The zero-order valence-corrected chi connectivity index (χ0v) is 14.2. The highest BCUT2D eigenvalue weighted by atomic mass is 16.5. The van der Waals surface area contributed by atoms with E-state index in [9.17, 15) is 4.79 Å². The van der Waals surface area contributed by atoms with Crippen molar-refractivity contribution in [2.24, 2.45) is 14.1 Å². The Morgan fingerprint density at radius 1 is 1.22 bits per heavy atom. The molecule has 23 heavy (non-hydrogen) atoms. The van der Waals surface area contributed by atoms with E-state index in [4.69, 9.17) is 9.47 Å². The first-order valence-corrected chi connectivity index (χ1v) is 7.40. The van der Waals surface area contributed by atoms with Gasteiger partial charge in [0.15, 0.2) is 5.65 Å². The first-order valence-electron chi connectivity index (χ1n) is 7.40. The summed E-state index contributed by atoms with van der Waals surface area (Å²) in [6, 6.07) is 3.60. The third-order valence-corrected chi connectivity index (χ3v) is 3.68. The molecule has 2 rings (SSSR count).